The largest absolute Gasteiger partial charge is 0.493 e. The van der Waals surface area contributed by atoms with Gasteiger partial charge in [-0.1, -0.05) is 30.7 Å². The molecule has 2 amide bonds. The monoisotopic (exact) mass is 440 g/mol. The smallest absolute Gasteiger partial charge is 0.282 e. The minimum atomic E-state index is -0.368. The molecule has 2 heterocycles. The molecule has 0 aliphatic carbocycles. The summed E-state index contributed by atoms with van der Waals surface area (Å²) in [6.45, 7) is 3.63. The number of carbonyl (C=O) groups excluding carboxylic acids is 2. The van der Waals surface area contributed by atoms with Gasteiger partial charge in [0, 0.05) is 18.1 Å². The van der Waals surface area contributed by atoms with Crippen molar-refractivity contribution in [3.8, 4) is 11.5 Å². The number of carbonyl (C=O) groups is 2. The van der Waals surface area contributed by atoms with E-state index in [0.29, 0.717) is 45.0 Å². The molecule has 0 aromatic heterocycles. The molecule has 2 aliphatic rings. The van der Waals surface area contributed by atoms with E-state index in [4.69, 9.17) is 21.1 Å². The average molecular weight is 441 g/mol. The molecule has 0 saturated carbocycles. The van der Waals surface area contributed by atoms with Crippen molar-refractivity contribution >= 4 is 34.7 Å². The van der Waals surface area contributed by atoms with Crippen LogP contribution >= 0.6 is 11.6 Å². The van der Waals surface area contributed by atoms with Crippen molar-refractivity contribution in [2.45, 2.75) is 19.8 Å². The van der Waals surface area contributed by atoms with Gasteiger partial charge >= 0.3 is 0 Å². The number of rotatable bonds is 5. The van der Waals surface area contributed by atoms with E-state index in [1.54, 1.807) is 56.7 Å². The standard InChI is InChI=1S/C24H25ClN2O4/c1-15-6-5-11-26(14-15)22-21(16-9-10-19(30-2)20(12-16)31-3)23(28)27(24(22)29)18-8-4-7-17(25)13-18/h4,7-10,12-13,15H,5-6,11,14H2,1-3H3. The maximum Gasteiger partial charge on any atom is 0.282 e. The Labute approximate surface area is 187 Å². The Hall–Kier alpha value is -2.99. The maximum absolute atomic E-state index is 13.6. The number of hydrogen-bond acceptors (Lipinski definition) is 5. The summed E-state index contributed by atoms with van der Waals surface area (Å²) < 4.78 is 10.8. The van der Waals surface area contributed by atoms with E-state index in [1.165, 1.54) is 4.90 Å². The van der Waals surface area contributed by atoms with Crippen molar-refractivity contribution in [3.05, 3.63) is 58.7 Å². The van der Waals surface area contributed by atoms with E-state index in [1.807, 2.05) is 4.90 Å². The number of likely N-dealkylation sites (tertiary alicyclic amines) is 1. The highest BCUT2D eigenvalue weighted by atomic mass is 35.5. The van der Waals surface area contributed by atoms with Crippen LogP contribution in [0.2, 0.25) is 5.02 Å². The van der Waals surface area contributed by atoms with Crippen LogP contribution in [0.15, 0.2) is 48.2 Å². The first-order valence-electron chi connectivity index (χ1n) is 10.3. The summed E-state index contributed by atoms with van der Waals surface area (Å²) in [6.07, 6.45) is 2.08. The SMILES string of the molecule is COc1ccc(C2=C(N3CCCC(C)C3)C(=O)N(c3cccc(Cl)c3)C2=O)cc1OC. The van der Waals surface area contributed by atoms with Crippen molar-refractivity contribution < 1.29 is 19.1 Å². The highest BCUT2D eigenvalue weighted by molar-refractivity contribution is 6.45. The van der Waals surface area contributed by atoms with Crippen LogP contribution in [0.25, 0.3) is 5.57 Å². The van der Waals surface area contributed by atoms with Crippen molar-refractivity contribution in [1.82, 2.24) is 4.90 Å². The van der Waals surface area contributed by atoms with Gasteiger partial charge in [-0.15, -0.1) is 0 Å². The number of benzene rings is 2. The van der Waals surface area contributed by atoms with Gasteiger partial charge in [0.1, 0.15) is 5.70 Å². The van der Waals surface area contributed by atoms with Gasteiger partial charge in [0.2, 0.25) is 0 Å². The Morgan fingerprint density at radius 2 is 1.77 bits per heavy atom. The van der Waals surface area contributed by atoms with E-state index >= 15 is 0 Å². The molecule has 1 atom stereocenters. The zero-order valence-corrected chi connectivity index (χ0v) is 18.6. The molecule has 2 aromatic carbocycles. The number of ether oxygens (including phenoxy) is 2. The Morgan fingerprint density at radius 1 is 1.00 bits per heavy atom. The molecular formula is C24H25ClN2O4. The molecule has 162 valence electrons. The quantitative estimate of drug-likeness (QED) is 0.646. The molecule has 31 heavy (non-hydrogen) atoms. The van der Waals surface area contributed by atoms with Crippen LogP contribution in [0, 0.1) is 5.92 Å². The summed E-state index contributed by atoms with van der Waals surface area (Å²) >= 11 is 6.15. The predicted molar refractivity (Wildman–Crippen MR) is 120 cm³/mol. The highest BCUT2D eigenvalue weighted by Gasteiger charge is 2.43. The van der Waals surface area contributed by atoms with E-state index in [0.717, 1.165) is 25.9 Å². The first-order chi connectivity index (χ1) is 14.9. The normalized spacial score (nSPS) is 19.3. The number of amides is 2. The average Bonchev–Trinajstić information content (AvgIpc) is 3.03. The third-order valence-corrected chi connectivity index (χ3v) is 6.01. The van der Waals surface area contributed by atoms with E-state index in [9.17, 15) is 9.59 Å². The first kappa shape index (κ1) is 21.2. The molecular weight excluding hydrogens is 416 g/mol. The molecule has 1 unspecified atom stereocenters. The van der Waals surface area contributed by atoms with Crippen molar-refractivity contribution in [1.29, 1.82) is 0 Å². The van der Waals surface area contributed by atoms with Gasteiger partial charge in [-0.05, 0) is 54.7 Å². The summed E-state index contributed by atoms with van der Waals surface area (Å²) in [7, 11) is 3.10. The lowest BCUT2D eigenvalue weighted by molar-refractivity contribution is -0.120. The number of nitrogens with zero attached hydrogens (tertiary/aromatic N) is 2. The fourth-order valence-corrected chi connectivity index (χ4v) is 4.49. The van der Waals surface area contributed by atoms with Crippen LogP contribution in [0.3, 0.4) is 0 Å². The van der Waals surface area contributed by atoms with Gasteiger partial charge in [-0.2, -0.15) is 0 Å². The number of methoxy groups -OCH3 is 2. The van der Waals surface area contributed by atoms with E-state index < -0.39 is 0 Å². The molecule has 0 spiro atoms. The lowest BCUT2D eigenvalue weighted by Crippen LogP contribution is -2.39. The fraction of sp³-hybridized carbons (Fsp3) is 0.333. The van der Waals surface area contributed by atoms with Crippen LogP contribution < -0.4 is 14.4 Å². The molecule has 4 rings (SSSR count). The molecule has 6 nitrogen and oxygen atoms in total. The number of hydrogen-bond donors (Lipinski definition) is 0. The lowest BCUT2D eigenvalue weighted by atomic mass is 9.97. The third kappa shape index (κ3) is 3.88. The summed E-state index contributed by atoms with van der Waals surface area (Å²) in [4.78, 5) is 30.5. The Kier molecular flexibility index (Phi) is 5.92. The van der Waals surface area contributed by atoms with Gasteiger partial charge in [0.15, 0.2) is 11.5 Å². The van der Waals surface area contributed by atoms with Crippen LogP contribution in [0.5, 0.6) is 11.5 Å². The molecule has 2 aromatic rings. The number of imide groups is 1. The molecule has 1 saturated heterocycles. The number of piperidine rings is 1. The Morgan fingerprint density at radius 3 is 2.45 bits per heavy atom. The number of halogens is 1. The zero-order valence-electron chi connectivity index (χ0n) is 17.9. The Balaban J connectivity index is 1.86. The maximum atomic E-state index is 13.6. The third-order valence-electron chi connectivity index (χ3n) is 5.77. The molecule has 0 radical (unpaired) electrons. The second-order valence-corrected chi connectivity index (χ2v) is 8.35. The highest BCUT2D eigenvalue weighted by Crippen LogP contribution is 2.39. The van der Waals surface area contributed by atoms with Gasteiger partial charge in [-0.3, -0.25) is 9.59 Å². The summed E-state index contributed by atoms with van der Waals surface area (Å²) in [5, 5.41) is 0.464. The van der Waals surface area contributed by atoms with E-state index in [2.05, 4.69) is 6.92 Å². The van der Waals surface area contributed by atoms with Crippen LogP contribution in [-0.4, -0.2) is 44.0 Å². The lowest BCUT2D eigenvalue weighted by Gasteiger charge is -2.33. The number of anilines is 1. The minimum Gasteiger partial charge on any atom is -0.493 e. The second-order valence-electron chi connectivity index (χ2n) is 7.91. The van der Waals surface area contributed by atoms with Gasteiger partial charge in [0.25, 0.3) is 11.8 Å². The minimum absolute atomic E-state index is 0.328. The molecule has 0 N–H and O–H groups in total. The molecule has 0 bridgehead atoms. The zero-order chi connectivity index (χ0) is 22.1. The predicted octanol–water partition coefficient (Wildman–Crippen LogP) is 4.37. The van der Waals surface area contributed by atoms with Crippen LogP contribution in [0.4, 0.5) is 5.69 Å². The summed E-state index contributed by atoms with van der Waals surface area (Å²) in [5.41, 5.74) is 1.89. The topological polar surface area (TPSA) is 59.1 Å². The molecule has 1 fully saturated rings. The Bertz CT molecular complexity index is 1070. The van der Waals surface area contributed by atoms with E-state index in [-0.39, 0.29) is 11.8 Å². The van der Waals surface area contributed by atoms with Gasteiger partial charge in [-0.25, -0.2) is 4.90 Å². The summed E-state index contributed by atoms with van der Waals surface area (Å²) in [6, 6.07) is 12.1. The fourth-order valence-electron chi connectivity index (χ4n) is 4.31. The first-order valence-corrected chi connectivity index (χ1v) is 10.7. The molecule has 2 aliphatic heterocycles. The summed E-state index contributed by atoms with van der Waals surface area (Å²) in [5.74, 6) is 0.804. The molecule has 7 heteroatoms. The van der Waals surface area contributed by atoms with Gasteiger partial charge < -0.3 is 14.4 Å². The second kappa shape index (κ2) is 8.63. The van der Waals surface area contributed by atoms with Crippen molar-refractivity contribution in [2.75, 3.05) is 32.2 Å². The van der Waals surface area contributed by atoms with Crippen LogP contribution in [-0.2, 0) is 9.59 Å². The van der Waals surface area contributed by atoms with Crippen molar-refractivity contribution in [2.24, 2.45) is 5.92 Å². The van der Waals surface area contributed by atoms with Crippen LogP contribution in [0.1, 0.15) is 25.3 Å². The van der Waals surface area contributed by atoms with Crippen molar-refractivity contribution in [3.63, 3.8) is 0 Å². The van der Waals surface area contributed by atoms with Gasteiger partial charge in [0.05, 0.1) is 25.5 Å².